The Morgan fingerprint density at radius 1 is 1.04 bits per heavy atom. The van der Waals surface area contributed by atoms with Gasteiger partial charge in [0.15, 0.2) is 6.61 Å². The van der Waals surface area contributed by atoms with Crippen molar-refractivity contribution < 1.29 is 27.5 Å². The van der Waals surface area contributed by atoms with Crippen LogP contribution in [0.1, 0.15) is 5.56 Å². The second-order valence-corrected chi connectivity index (χ2v) is 4.67. The molecule has 0 bridgehead atoms. The Labute approximate surface area is 135 Å². The van der Waals surface area contributed by atoms with E-state index in [-0.39, 0.29) is 5.69 Å². The Kier molecular flexibility index (Phi) is 5.73. The van der Waals surface area contributed by atoms with E-state index in [1.807, 2.05) is 0 Å². The first-order valence-electron chi connectivity index (χ1n) is 6.79. The van der Waals surface area contributed by atoms with Gasteiger partial charge in [-0.3, -0.25) is 4.79 Å². The van der Waals surface area contributed by atoms with Gasteiger partial charge in [0.05, 0.1) is 5.69 Å². The molecule has 4 nitrogen and oxygen atoms in total. The standard InChI is InChI=1S/C17H12F3NO3/c18-12-3-1-2-11(8-12)4-7-17(23)24-10-16(22)21-15-6-5-13(19)9-14(15)20/h1-9H,10H2,(H,21,22)/b7-4+. The van der Waals surface area contributed by atoms with Gasteiger partial charge in [0.1, 0.15) is 17.5 Å². The molecule has 2 aromatic rings. The second-order valence-electron chi connectivity index (χ2n) is 4.67. The molecule has 124 valence electrons. The van der Waals surface area contributed by atoms with E-state index in [2.05, 4.69) is 10.1 Å². The van der Waals surface area contributed by atoms with Gasteiger partial charge in [0.25, 0.3) is 5.91 Å². The number of nitrogens with one attached hydrogen (secondary N) is 1. The summed E-state index contributed by atoms with van der Waals surface area (Å²) in [5.74, 6) is -3.78. The number of benzene rings is 2. The molecular formula is C17H12F3NO3. The highest BCUT2D eigenvalue weighted by Crippen LogP contribution is 2.14. The number of rotatable bonds is 5. The van der Waals surface area contributed by atoms with E-state index < -0.39 is 35.9 Å². The smallest absolute Gasteiger partial charge is 0.331 e. The third-order valence-corrected chi connectivity index (χ3v) is 2.81. The summed E-state index contributed by atoms with van der Waals surface area (Å²) in [7, 11) is 0. The van der Waals surface area contributed by atoms with Crippen molar-refractivity contribution in [2.75, 3.05) is 11.9 Å². The van der Waals surface area contributed by atoms with Crippen molar-refractivity contribution in [1.29, 1.82) is 0 Å². The minimum atomic E-state index is -0.944. The van der Waals surface area contributed by atoms with E-state index in [0.29, 0.717) is 11.6 Å². The van der Waals surface area contributed by atoms with Gasteiger partial charge in [-0.1, -0.05) is 12.1 Å². The molecule has 0 aliphatic rings. The van der Waals surface area contributed by atoms with Crippen LogP contribution >= 0.6 is 0 Å². The molecule has 1 amide bonds. The van der Waals surface area contributed by atoms with Crippen LogP contribution in [-0.2, 0) is 14.3 Å². The maximum atomic E-state index is 13.3. The SMILES string of the molecule is O=C(COC(=O)/C=C/c1cccc(F)c1)Nc1ccc(F)cc1F. The lowest BCUT2D eigenvalue weighted by Crippen LogP contribution is -2.20. The predicted molar refractivity (Wildman–Crippen MR) is 81.4 cm³/mol. The number of esters is 1. The monoisotopic (exact) mass is 335 g/mol. The van der Waals surface area contributed by atoms with Crippen molar-refractivity contribution in [3.63, 3.8) is 0 Å². The molecule has 7 heteroatoms. The molecule has 1 N–H and O–H groups in total. The van der Waals surface area contributed by atoms with Crippen LogP contribution in [0.15, 0.2) is 48.5 Å². The third-order valence-electron chi connectivity index (χ3n) is 2.81. The molecule has 0 aliphatic carbocycles. The number of carbonyl (C=O) groups excluding carboxylic acids is 2. The summed E-state index contributed by atoms with van der Waals surface area (Å²) in [5, 5.41) is 2.14. The summed E-state index contributed by atoms with van der Waals surface area (Å²) >= 11 is 0. The Morgan fingerprint density at radius 3 is 2.50 bits per heavy atom. The number of hydrogen-bond acceptors (Lipinski definition) is 3. The molecule has 0 radical (unpaired) electrons. The second kappa shape index (κ2) is 7.96. The van der Waals surface area contributed by atoms with Crippen LogP contribution in [0.2, 0.25) is 0 Å². The number of hydrogen-bond donors (Lipinski definition) is 1. The Morgan fingerprint density at radius 2 is 1.79 bits per heavy atom. The minimum absolute atomic E-state index is 0.229. The Balaban J connectivity index is 1.83. The fourth-order valence-corrected chi connectivity index (χ4v) is 1.74. The highest BCUT2D eigenvalue weighted by Gasteiger charge is 2.09. The molecule has 0 aromatic heterocycles. The topological polar surface area (TPSA) is 55.4 Å². The highest BCUT2D eigenvalue weighted by atomic mass is 19.1. The van der Waals surface area contributed by atoms with Crippen LogP contribution in [0, 0.1) is 17.5 Å². The summed E-state index contributed by atoms with van der Waals surface area (Å²) in [6, 6.07) is 8.17. The quantitative estimate of drug-likeness (QED) is 0.674. The van der Waals surface area contributed by atoms with Gasteiger partial charge in [0, 0.05) is 12.1 Å². The molecule has 24 heavy (non-hydrogen) atoms. The molecule has 0 saturated heterocycles. The van der Waals surface area contributed by atoms with Crippen LogP contribution < -0.4 is 5.32 Å². The Hall–Kier alpha value is -3.09. The molecule has 0 saturated carbocycles. The molecule has 0 atom stereocenters. The van der Waals surface area contributed by atoms with Crippen LogP contribution in [0.3, 0.4) is 0 Å². The van der Waals surface area contributed by atoms with E-state index in [4.69, 9.17) is 0 Å². The van der Waals surface area contributed by atoms with Crippen molar-refractivity contribution in [1.82, 2.24) is 0 Å². The average Bonchev–Trinajstić information content (AvgIpc) is 2.54. The van der Waals surface area contributed by atoms with Crippen molar-refractivity contribution in [2.45, 2.75) is 0 Å². The first-order chi connectivity index (χ1) is 11.4. The van der Waals surface area contributed by atoms with E-state index in [0.717, 1.165) is 18.2 Å². The normalized spacial score (nSPS) is 10.6. The van der Waals surface area contributed by atoms with E-state index >= 15 is 0 Å². The lowest BCUT2D eigenvalue weighted by Gasteiger charge is -2.06. The molecule has 0 fully saturated rings. The maximum Gasteiger partial charge on any atom is 0.331 e. The number of ether oxygens (including phenoxy) is 1. The highest BCUT2D eigenvalue weighted by molar-refractivity contribution is 5.94. The van der Waals surface area contributed by atoms with E-state index in [1.165, 1.54) is 24.3 Å². The van der Waals surface area contributed by atoms with Gasteiger partial charge in [-0.05, 0) is 35.9 Å². The molecule has 0 heterocycles. The van der Waals surface area contributed by atoms with Crippen molar-refractivity contribution in [3.8, 4) is 0 Å². The van der Waals surface area contributed by atoms with Crippen LogP contribution in [-0.4, -0.2) is 18.5 Å². The average molecular weight is 335 g/mol. The molecule has 0 unspecified atom stereocenters. The summed E-state index contributed by atoms with van der Waals surface area (Å²) in [5.41, 5.74) is 0.220. The zero-order chi connectivity index (χ0) is 17.5. The van der Waals surface area contributed by atoms with Crippen molar-refractivity contribution in [2.24, 2.45) is 0 Å². The van der Waals surface area contributed by atoms with E-state index in [1.54, 1.807) is 6.07 Å². The third kappa shape index (κ3) is 5.28. The number of amides is 1. The first kappa shape index (κ1) is 17.3. The van der Waals surface area contributed by atoms with Crippen molar-refractivity contribution in [3.05, 3.63) is 71.6 Å². The van der Waals surface area contributed by atoms with Crippen LogP contribution in [0.4, 0.5) is 18.9 Å². The fraction of sp³-hybridized carbons (Fsp3) is 0.0588. The van der Waals surface area contributed by atoms with Crippen LogP contribution in [0.25, 0.3) is 6.08 Å². The zero-order valence-electron chi connectivity index (χ0n) is 12.3. The van der Waals surface area contributed by atoms with Gasteiger partial charge in [-0.25, -0.2) is 18.0 Å². The number of halogens is 3. The molecular weight excluding hydrogens is 323 g/mol. The molecule has 2 aromatic carbocycles. The minimum Gasteiger partial charge on any atom is -0.452 e. The Bertz CT molecular complexity index is 790. The zero-order valence-corrected chi connectivity index (χ0v) is 12.3. The summed E-state index contributed by atoms with van der Waals surface area (Å²) in [6.07, 6.45) is 2.35. The summed E-state index contributed by atoms with van der Waals surface area (Å²) < 4.78 is 43.7. The summed E-state index contributed by atoms with van der Waals surface area (Å²) in [4.78, 5) is 23.0. The van der Waals surface area contributed by atoms with Gasteiger partial charge >= 0.3 is 5.97 Å². The number of anilines is 1. The van der Waals surface area contributed by atoms with Crippen LogP contribution in [0.5, 0.6) is 0 Å². The molecule has 2 rings (SSSR count). The lowest BCUT2D eigenvalue weighted by atomic mass is 10.2. The van der Waals surface area contributed by atoms with Gasteiger partial charge < -0.3 is 10.1 Å². The van der Waals surface area contributed by atoms with E-state index in [9.17, 15) is 22.8 Å². The fourth-order valence-electron chi connectivity index (χ4n) is 1.74. The van der Waals surface area contributed by atoms with Gasteiger partial charge in [-0.2, -0.15) is 0 Å². The predicted octanol–water partition coefficient (Wildman–Crippen LogP) is 3.30. The molecule has 0 spiro atoms. The number of carbonyl (C=O) groups is 2. The largest absolute Gasteiger partial charge is 0.452 e. The van der Waals surface area contributed by atoms with Crippen molar-refractivity contribution >= 4 is 23.6 Å². The van der Waals surface area contributed by atoms with Gasteiger partial charge in [0.2, 0.25) is 0 Å². The first-order valence-corrected chi connectivity index (χ1v) is 6.79. The van der Waals surface area contributed by atoms with Gasteiger partial charge in [-0.15, -0.1) is 0 Å². The molecule has 0 aliphatic heterocycles. The maximum absolute atomic E-state index is 13.3. The summed E-state index contributed by atoms with van der Waals surface area (Å²) in [6.45, 7) is -0.650. The lowest BCUT2D eigenvalue weighted by molar-refractivity contribution is -0.142.